The Kier molecular flexibility index (Phi) is 3.96. The predicted molar refractivity (Wildman–Crippen MR) is 64.2 cm³/mol. The van der Waals surface area contributed by atoms with Gasteiger partial charge in [0.2, 0.25) is 0 Å². The van der Waals surface area contributed by atoms with E-state index in [2.05, 4.69) is 32.7 Å². The number of aromatic nitrogens is 1. The minimum absolute atomic E-state index is 0.315. The first-order chi connectivity index (χ1) is 6.47. The summed E-state index contributed by atoms with van der Waals surface area (Å²) in [7, 11) is 0. The molecule has 3 heteroatoms. The third-order valence-corrected chi connectivity index (χ3v) is 4.28. The van der Waals surface area contributed by atoms with E-state index in [9.17, 15) is 0 Å². The second kappa shape index (κ2) is 4.63. The van der Waals surface area contributed by atoms with E-state index in [4.69, 9.17) is 11.6 Å². The lowest BCUT2D eigenvalue weighted by Crippen LogP contribution is -2.19. The summed E-state index contributed by atoms with van der Waals surface area (Å²) in [6.07, 6.45) is 2.45. The van der Waals surface area contributed by atoms with Gasteiger partial charge in [0.05, 0.1) is 5.01 Å². The molecule has 0 aliphatic rings. The largest absolute Gasteiger partial charge is 0.229 e. The molecule has 0 radical (unpaired) electrons. The Morgan fingerprint density at radius 1 is 1.57 bits per heavy atom. The molecule has 0 aliphatic carbocycles. The summed E-state index contributed by atoms with van der Waals surface area (Å²) in [4.78, 5) is 4.34. The summed E-state index contributed by atoms with van der Waals surface area (Å²) in [6, 6.07) is 0. The van der Waals surface area contributed by atoms with Crippen LogP contribution in [0.3, 0.4) is 0 Å². The van der Waals surface area contributed by atoms with E-state index in [1.165, 1.54) is 12.8 Å². The molecule has 1 rings (SSSR count). The number of hydrogen-bond donors (Lipinski definition) is 0. The highest BCUT2D eigenvalue weighted by molar-refractivity contribution is 7.10. The second-order valence-corrected chi connectivity index (χ2v) is 5.75. The third kappa shape index (κ3) is 2.71. The first-order valence-electron chi connectivity index (χ1n) is 5.08. The minimum Gasteiger partial charge on any atom is -0.229 e. The first kappa shape index (κ1) is 12.0. The van der Waals surface area contributed by atoms with E-state index < -0.39 is 0 Å². The molecule has 0 N–H and O–H groups in total. The Morgan fingerprint density at radius 2 is 2.21 bits per heavy atom. The quantitative estimate of drug-likeness (QED) is 0.730. The molecule has 0 amide bonds. The lowest BCUT2D eigenvalue weighted by atomic mass is 9.77. The van der Waals surface area contributed by atoms with E-state index in [0.29, 0.717) is 16.5 Å². The van der Waals surface area contributed by atoms with Gasteiger partial charge in [-0.3, -0.25) is 0 Å². The number of rotatable bonds is 4. The minimum atomic E-state index is 0.315. The van der Waals surface area contributed by atoms with Gasteiger partial charge in [0.25, 0.3) is 0 Å². The van der Waals surface area contributed by atoms with Gasteiger partial charge in [-0.1, -0.05) is 45.7 Å². The van der Waals surface area contributed by atoms with Crippen molar-refractivity contribution >= 4 is 22.9 Å². The molecule has 0 saturated heterocycles. The van der Waals surface area contributed by atoms with Crippen molar-refractivity contribution < 1.29 is 0 Å². The van der Waals surface area contributed by atoms with Crippen molar-refractivity contribution in [1.29, 1.82) is 0 Å². The van der Waals surface area contributed by atoms with Gasteiger partial charge < -0.3 is 0 Å². The molecule has 0 bridgehead atoms. The Labute approximate surface area is 95.5 Å². The summed E-state index contributed by atoms with van der Waals surface area (Å²) in [6.45, 7) is 9.07. The van der Waals surface area contributed by atoms with Crippen LogP contribution >= 0.6 is 22.9 Å². The third-order valence-electron chi connectivity index (χ3n) is 2.93. The van der Waals surface area contributed by atoms with Gasteiger partial charge in [0.1, 0.15) is 5.15 Å². The van der Waals surface area contributed by atoms with Crippen LogP contribution in [0.2, 0.25) is 5.15 Å². The van der Waals surface area contributed by atoms with Crippen LogP contribution in [0.1, 0.15) is 51.5 Å². The number of thiazole rings is 1. The van der Waals surface area contributed by atoms with Gasteiger partial charge in [-0.15, -0.1) is 11.3 Å². The monoisotopic (exact) mass is 231 g/mol. The second-order valence-electron chi connectivity index (χ2n) is 4.47. The normalized spacial score (nSPS) is 14.4. The Bertz CT molecular complexity index is 293. The molecule has 0 spiro atoms. The molecule has 1 atom stereocenters. The fourth-order valence-electron chi connectivity index (χ4n) is 1.66. The predicted octanol–water partition coefficient (Wildman–Crippen LogP) is 4.73. The summed E-state index contributed by atoms with van der Waals surface area (Å²) in [5.74, 6) is 0.486. The molecule has 14 heavy (non-hydrogen) atoms. The lowest BCUT2D eigenvalue weighted by Gasteiger charge is -2.30. The van der Waals surface area contributed by atoms with Crippen LogP contribution < -0.4 is 0 Å². The van der Waals surface area contributed by atoms with Crippen molar-refractivity contribution in [3.8, 4) is 0 Å². The average molecular weight is 232 g/mol. The Morgan fingerprint density at radius 3 is 2.64 bits per heavy atom. The van der Waals surface area contributed by atoms with Gasteiger partial charge in [0, 0.05) is 11.3 Å². The molecule has 1 nitrogen and oxygen atoms in total. The molecule has 0 aromatic carbocycles. The van der Waals surface area contributed by atoms with Crippen LogP contribution in [0.25, 0.3) is 0 Å². The van der Waals surface area contributed by atoms with Crippen molar-refractivity contribution in [1.82, 2.24) is 4.98 Å². The van der Waals surface area contributed by atoms with Crippen LogP contribution in [0, 0.1) is 5.41 Å². The lowest BCUT2D eigenvalue weighted by molar-refractivity contribution is 0.273. The molecule has 1 heterocycles. The zero-order valence-electron chi connectivity index (χ0n) is 9.30. The van der Waals surface area contributed by atoms with Crippen LogP contribution in [-0.2, 0) is 0 Å². The maximum atomic E-state index is 5.83. The Balaban J connectivity index is 2.78. The van der Waals surface area contributed by atoms with E-state index in [-0.39, 0.29) is 0 Å². The van der Waals surface area contributed by atoms with E-state index in [0.717, 1.165) is 5.01 Å². The molecular weight excluding hydrogens is 214 g/mol. The van der Waals surface area contributed by atoms with Gasteiger partial charge in [0.15, 0.2) is 0 Å². The summed E-state index contributed by atoms with van der Waals surface area (Å²) >= 11 is 7.50. The molecule has 1 aromatic heterocycles. The molecule has 0 aliphatic heterocycles. The zero-order chi connectivity index (χ0) is 10.8. The van der Waals surface area contributed by atoms with Crippen LogP contribution in [-0.4, -0.2) is 4.98 Å². The standard InChI is InChI=1S/C11H18ClNS/c1-5-6-11(3,4)8(2)10-13-9(12)7-14-10/h7-8H,5-6H2,1-4H3. The highest BCUT2D eigenvalue weighted by Gasteiger charge is 2.28. The fourth-order valence-corrected chi connectivity index (χ4v) is 2.88. The summed E-state index contributed by atoms with van der Waals surface area (Å²) in [5.41, 5.74) is 0.315. The molecule has 0 saturated carbocycles. The van der Waals surface area contributed by atoms with E-state index in [1.54, 1.807) is 11.3 Å². The number of hydrogen-bond acceptors (Lipinski definition) is 2. The molecule has 80 valence electrons. The smallest absolute Gasteiger partial charge is 0.140 e. The fraction of sp³-hybridized carbons (Fsp3) is 0.727. The molecule has 1 aromatic rings. The van der Waals surface area contributed by atoms with Crippen LogP contribution in [0.15, 0.2) is 5.38 Å². The summed E-state index contributed by atoms with van der Waals surface area (Å²) in [5, 5.41) is 3.70. The number of nitrogens with zero attached hydrogens (tertiary/aromatic N) is 1. The van der Waals surface area contributed by atoms with Crippen molar-refractivity contribution in [3.05, 3.63) is 15.5 Å². The highest BCUT2D eigenvalue weighted by Crippen LogP contribution is 2.40. The highest BCUT2D eigenvalue weighted by atomic mass is 35.5. The zero-order valence-corrected chi connectivity index (χ0v) is 10.9. The van der Waals surface area contributed by atoms with Crippen molar-refractivity contribution in [2.75, 3.05) is 0 Å². The van der Waals surface area contributed by atoms with Gasteiger partial charge in [-0.05, 0) is 11.8 Å². The topological polar surface area (TPSA) is 12.9 Å². The van der Waals surface area contributed by atoms with E-state index in [1.807, 2.05) is 5.38 Å². The first-order valence-corrected chi connectivity index (χ1v) is 6.34. The van der Waals surface area contributed by atoms with Crippen LogP contribution in [0.5, 0.6) is 0 Å². The maximum absolute atomic E-state index is 5.83. The van der Waals surface area contributed by atoms with Crippen molar-refractivity contribution in [2.24, 2.45) is 5.41 Å². The maximum Gasteiger partial charge on any atom is 0.140 e. The van der Waals surface area contributed by atoms with Gasteiger partial charge in [-0.25, -0.2) is 4.98 Å². The summed E-state index contributed by atoms with van der Waals surface area (Å²) < 4.78 is 0. The SMILES string of the molecule is CCCC(C)(C)C(C)c1nc(Cl)cs1. The van der Waals surface area contributed by atoms with Crippen molar-refractivity contribution in [2.45, 2.75) is 46.5 Å². The van der Waals surface area contributed by atoms with Gasteiger partial charge in [-0.2, -0.15) is 0 Å². The average Bonchev–Trinajstić information content (AvgIpc) is 2.50. The number of halogens is 1. The van der Waals surface area contributed by atoms with Crippen molar-refractivity contribution in [3.63, 3.8) is 0 Å². The molecule has 0 fully saturated rings. The van der Waals surface area contributed by atoms with Crippen LogP contribution in [0.4, 0.5) is 0 Å². The van der Waals surface area contributed by atoms with Gasteiger partial charge >= 0.3 is 0 Å². The Hall–Kier alpha value is -0.0800. The molecule has 1 unspecified atom stereocenters. The van der Waals surface area contributed by atoms with E-state index >= 15 is 0 Å². The molecular formula is C11H18ClNS.